The SMILES string of the molecule is Cc1ccc(-c2nc(C3=CCCC=C3)nc(-c3cccc(-c4ccc5c(c4)Oc4ccc(-c6cc(-c7ccccc7)nc(-c7ccccc7)c6)cc4O5)c3)n2)cc1. The van der Waals surface area contributed by atoms with Crippen LogP contribution in [-0.2, 0) is 0 Å². The average molecular weight is 737 g/mol. The van der Waals surface area contributed by atoms with E-state index in [9.17, 15) is 0 Å². The first-order valence-electron chi connectivity index (χ1n) is 19.2. The van der Waals surface area contributed by atoms with Gasteiger partial charge in [0.05, 0.1) is 11.4 Å². The van der Waals surface area contributed by atoms with Crippen molar-refractivity contribution in [2.24, 2.45) is 0 Å². The Hall–Kier alpha value is -7.44. The number of aryl methyl sites for hydroxylation is 1. The fraction of sp³-hybridized carbons (Fsp3) is 0.0588. The van der Waals surface area contributed by atoms with E-state index in [1.54, 1.807) is 0 Å². The Morgan fingerprint density at radius 2 is 0.912 bits per heavy atom. The Balaban J connectivity index is 0.958. The fourth-order valence-electron chi connectivity index (χ4n) is 7.23. The molecular weight excluding hydrogens is 701 g/mol. The molecule has 0 radical (unpaired) electrons. The Morgan fingerprint density at radius 3 is 1.53 bits per heavy atom. The van der Waals surface area contributed by atoms with Crippen molar-refractivity contribution in [2.45, 2.75) is 19.8 Å². The van der Waals surface area contributed by atoms with Gasteiger partial charge in [0, 0.05) is 27.8 Å². The summed E-state index contributed by atoms with van der Waals surface area (Å²) in [5.41, 5.74) is 12.0. The predicted octanol–water partition coefficient (Wildman–Crippen LogP) is 13.2. The van der Waals surface area contributed by atoms with Crippen LogP contribution in [0.5, 0.6) is 23.0 Å². The number of rotatable bonds is 7. The van der Waals surface area contributed by atoms with E-state index in [1.165, 1.54) is 5.56 Å². The van der Waals surface area contributed by atoms with Gasteiger partial charge < -0.3 is 9.47 Å². The highest BCUT2D eigenvalue weighted by atomic mass is 16.6. The molecule has 0 saturated heterocycles. The van der Waals surface area contributed by atoms with Gasteiger partial charge in [0.2, 0.25) is 0 Å². The normalized spacial score (nSPS) is 12.8. The summed E-state index contributed by atoms with van der Waals surface area (Å²) in [7, 11) is 0. The highest BCUT2D eigenvalue weighted by molar-refractivity contribution is 5.79. The van der Waals surface area contributed by atoms with Crippen molar-refractivity contribution in [2.75, 3.05) is 0 Å². The highest BCUT2D eigenvalue weighted by Crippen LogP contribution is 2.48. The van der Waals surface area contributed by atoms with Crippen LogP contribution in [0.15, 0.2) is 176 Å². The molecule has 0 bridgehead atoms. The molecule has 6 heteroatoms. The van der Waals surface area contributed by atoms with Gasteiger partial charge >= 0.3 is 0 Å². The third kappa shape index (κ3) is 7.01. The molecule has 0 unspecified atom stereocenters. The van der Waals surface area contributed by atoms with Crippen LogP contribution in [0.1, 0.15) is 24.2 Å². The van der Waals surface area contributed by atoms with Crippen LogP contribution in [0.4, 0.5) is 0 Å². The molecule has 2 aliphatic rings. The molecule has 57 heavy (non-hydrogen) atoms. The molecular formula is C51H36N4O2. The van der Waals surface area contributed by atoms with E-state index in [0.717, 1.165) is 74.3 Å². The zero-order valence-corrected chi connectivity index (χ0v) is 31.3. The molecule has 272 valence electrons. The molecule has 10 rings (SSSR count). The maximum absolute atomic E-state index is 6.51. The molecule has 3 heterocycles. The van der Waals surface area contributed by atoms with Crippen LogP contribution in [0.25, 0.3) is 73.1 Å². The lowest BCUT2D eigenvalue weighted by molar-refractivity contribution is 0.360. The fourth-order valence-corrected chi connectivity index (χ4v) is 7.23. The van der Waals surface area contributed by atoms with Gasteiger partial charge in [0.15, 0.2) is 40.5 Å². The summed E-state index contributed by atoms with van der Waals surface area (Å²) in [6, 6.07) is 53.6. The lowest BCUT2D eigenvalue weighted by Crippen LogP contribution is -2.03. The zero-order valence-electron chi connectivity index (χ0n) is 31.3. The molecule has 0 fully saturated rings. The zero-order chi connectivity index (χ0) is 38.1. The molecule has 0 N–H and O–H groups in total. The number of allylic oxidation sites excluding steroid dienone is 4. The van der Waals surface area contributed by atoms with E-state index < -0.39 is 0 Å². The third-order valence-electron chi connectivity index (χ3n) is 10.3. The third-order valence-corrected chi connectivity index (χ3v) is 10.3. The lowest BCUT2D eigenvalue weighted by atomic mass is 9.99. The van der Waals surface area contributed by atoms with E-state index in [-0.39, 0.29) is 0 Å². The van der Waals surface area contributed by atoms with Gasteiger partial charge in [-0.25, -0.2) is 19.9 Å². The van der Waals surface area contributed by atoms with Crippen molar-refractivity contribution in [3.63, 3.8) is 0 Å². The minimum absolute atomic E-state index is 0.626. The Bertz CT molecular complexity index is 2790. The van der Waals surface area contributed by atoms with Crippen molar-refractivity contribution in [3.8, 4) is 90.5 Å². The summed E-state index contributed by atoms with van der Waals surface area (Å²) in [6.45, 7) is 2.08. The summed E-state index contributed by atoms with van der Waals surface area (Å²) < 4.78 is 13.0. The first kappa shape index (κ1) is 34.1. The van der Waals surface area contributed by atoms with Gasteiger partial charge in [0.25, 0.3) is 0 Å². The minimum atomic E-state index is 0.626. The number of pyridine rings is 1. The van der Waals surface area contributed by atoms with E-state index in [2.05, 4.69) is 110 Å². The van der Waals surface area contributed by atoms with Gasteiger partial charge in [-0.15, -0.1) is 0 Å². The second-order valence-electron chi connectivity index (χ2n) is 14.3. The van der Waals surface area contributed by atoms with E-state index >= 15 is 0 Å². The molecule has 0 amide bonds. The number of hydrogen-bond donors (Lipinski definition) is 0. The maximum Gasteiger partial charge on any atom is 0.170 e. The van der Waals surface area contributed by atoms with Crippen LogP contribution >= 0.6 is 0 Å². The Labute approximate surface area is 331 Å². The smallest absolute Gasteiger partial charge is 0.170 e. The lowest BCUT2D eigenvalue weighted by Gasteiger charge is -2.22. The van der Waals surface area contributed by atoms with Crippen LogP contribution < -0.4 is 9.47 Å². The summed E-state index contributed by atoms with van der Waals surface area (Å²) in [5.74, 6) is 4.58. The largest absolute Gasteiger partial charge is 0.449 e. The first-order valence-corrected chi connectivity index (χ1v) is 19.2. The monoisotopic (exact) mass is 736 g/mol. The van der Waals surface area contributed by atoms with Crippen molar-refractivity contribution >= 4 is 5.57 Å². The number of benzene rings is 6. The standard InChI is InChI=1S/C51H36N4O2/c1-33-20-22-37(23-21-33)50-53-49(36-16-9-4-10-17-36)54-51(55-50)41-19-11-18-38(28-41)39-24-26-45-47(31-39)56-46-27-25-40(32-48(46)57-45)42-29-43(34-12-5-2-6-13-34)52-44(30-42)35-14-7-3-8-15-35/h2-3,5-9,11-32H,4,10H2,1H3. The summed E-state index contributed by atoms with van der Waals surface area (Å²) in [6.07, 6.45) is 8.47. The molecule has 1 aliphatic heterocycles. The maximum atomic E-state index is 6.51. The molecule has 0 spiro atoms. The number of hydrogen-bond acceptors (Lipinski definition) is 6. The van der Waals surface area contributed by atoms with Gasteiger partial charge in [-0.3, -0.25) is 0 Å². The topological polar surface area (TPSA) is 70.0 Å². The van der Waals surface area contributed by atoms with Crippen molar-refractivity contribution in [1.82, 2.24) is 19.9 Å². The molecule has 0 atom stereocenters. The Kier molecular flexibility index (Phi) is 8.76. The molecule has 0 saturated carbocycles. The van der Waals surface area contributed by atoms with E-state index in [0.29, 0.717) is 40.5 Å². The van der Waals surface area contributed by atoms with E-state index in [1.807, 2.05) is 72.8 Å². The van der Waals surface area contributed by atoms with Crippen molar-refractivity contribution in [3.05, 3.63) is 187 Å². The summed E-state index contributed by atoms with van der Waals surface area (Å²) in [4.78, 5) is 19.9. The van der Waals surface area contributed by atoms with Crippen LogP contribution in [0, 0.1) is 6.92 Å². The van der Waals surface area contributed by atoms with Gasteiger partial charge in [0.1, 0.15) is 0 Å². The molecule has 6 aromatic carbocycles. The predicted molar refractivity (Wildman–Crippen MR) is 228 cm³/mol. The quantitative estimate of drug-likeness (QED) is 0.162. The second kappa shape index (κ2) is 14.7. The average Bonchev–Trinajstić information content (AvgIpc) is 3.29. The summed E-state index contributed by atoms with van der Waals surface area (Å²) in [5, 5.41) is 0. The molecule has 1 aliphatic carbocycles. The minimum Gasteiger partial charge on any atom is -0.449 e. The summed E-state index contributed by atoms with van der Waals surface area (Å²) >= 11 is 0. The first-order chi connectivity index (χ1) is 28.1. The van der Waals surface area contributed by atoms with Crippen LogP contribution in [0.3, 0.4) is 0 Å². The number of aromatic nitrogens is 4. The van der Waals surface area contributed by atoms with Crippen LogP contribution in [-0.4, -0.2) is 19.9 Å². The van der Waals surface area contributed by atoms with Gasteiger partial charge in [-0.05, 0) is 84.5 Å². The molecule has 2 aromatic heterocycles. The van der Waals surface area contributed by atoms with Crippen LogP contribution in [0.2, 0.25) is 0 Å². The second-order valence-corrected chi connectivity index (χ2v) is 14.3. The number of fused-ring (bicyclic) bond motifs is 2. The highest BCUT2D eigenvalue weighted by Gasteiger charge is 2.22. The Morgan fingerprint density at radius 1 is 0.386 bits per heavy atom. The molecule has 6 nitrogen and oxygen atoms in total. The van der Waals surface area contributed by atoms with Crippen molar-refractivity contribution in [1.29, 1.82) is 0 Å². The van der Waals surface area contributed by atoms with Crippen molar-refractivity contribution < 1.29 is 9.47 Å². The van der Waals surface area contributed by atoms with E-state index in [4.69, 9.17) is 29.4 Å². The van der Waals surface area contributed by atoms with Gasteiger partial charge in [-0.1, -0.05) is 139 Å². The van der Waals surface area contributed by atoms with Gasteiger partial charge in [-0.2, -0.15) is 0 Å². The number of nitrogens with zero attached hydrogens (tertiary/aromatic N) is 4. The number of ether oxygens (including phenoxy) is 2. The molecule has 8 aromatic rings.